The van der Waals surface area contributed by atoms with Crippen molar-refractivity contribution in [2.75, 3.05) is 4.72 Å². The van der Waals surface area contributed by atoms with Gasteiger partial charge in [0.15, 0.2) is 0 Å². The molecule has 0 aliphatic heterocycles. The summed E-state index contributed by atoms with van der Waals surface area (Å²) in [5.74, 6) is 0. The second-order valence-electron chi connectivity index (χ2n) is 5.74. The maximum absolute atomic E-state index is 12.9. The number of hydrogen-bond acceptors (Lipinski definition) is 4. The van der Waals surface area contributed by atoms with Crippen LogP contribution in [-0.2, 0) is 30.7 Å². The molecule has 0 aliphatic rings. The molecule has 2 N–H and O–H groups in total. The average Bonchev–Trinajstić information content (AvgIpc) is 2.79. The lowest BCUT2D eigenvalue weighted by Gasteiger charge is -2.13. The molecule has 0 fully saturated rings. The number of nitrogens with one attached hydrogen (secondary N) is 1. The summed E-state index contributed by atoms with van der Waals surface area (Å²) in [6.45, 7) is -0.315. The number of fused-ring (bicyclic) bond motifs is 1. The maximum atomic E-state index is 12.9. The zero-order valence-corrected chi connectivity index (χ0v) is 17.8. The third-order valence-electron chi connectivity index (χ3n) is 4.10. The van der Waals surface area contributed by atoms with E-state index in [2.05, 4.69) is 36.6 Å². The van der Waals surface area contributed by atoms with Crippen LogP contribution in [-0.4, -0.2) is 22.7 Å². The van der Waals surface area contributed by atoms with E-state index in [0.29, 0.717) is 21.1 Å². The van der Waals surface area contributed by atoms with E-state index in [-0.39, 0.29) is 22.9 Å². The first-order valence-electron chi connectivity index (χ1n) is 7.43. The molecular weight excluding hydrogens is 490 g/mol. The molecule has 7 nitrogen and oxygen atoms in total. The molecule has 0 aliphatic carbocycles. The fourth-order valence-electron chi connectivity index (χ4n) is 2.70. The Hall–Kier alpha value is -1.62. The molecule has 0 unspecified atom stereocenters. The molecule has 1 heterocycles. The Morgan fingerprint density at radius 2 is 1.69 bits per heavy atom. The second-order valence-corrected chi connectivity index (χ2v) is 9.16. The normalized spacial score (nSPS) is 11.9. The molecule has 138 valence electrons. The lowest BCUT2D eigenvalue weighted by atomic mass is 10.2. The molecule has 0 spiro atoms. The van der Waals surface area contributed by atoms with E-state index in [4.69, 9.17) is 0 Å². The van der Waals surface area contributed by atoms with E-state index in [0.717, 1.165) is 4.47 Å². The van der Waals surface area contributed by atoms with Crippen LogP contribution >= 0.6 is 31.9 Å². The molecule has 10 heteroatoms. The zero-order chi connectivity index (χ0) is 19.2. The summed E-state index contributed by atoms with van der Waals surface area (Å²) in [5.41, 5.74) is 1.59. The largest absolute Gasteiger partial charge is 0.392 e. The van der Waals surface area contributed by atoms with Crippen molar-refractivity contribution in [2.24, 2.45) is 14.1 Å². The quantitative estimate of drug-likeness (QED) is 0.571. The van der Waals surface area contributed by atoms with Crippen molar-refractivity contribution in [3.05, 3.63) is 55.3 Å². The van der Waals surface area contributed by atoms with Crippen LogP contribution in [0.2, 0.25) is 0 Å². The van der Waals surface area contributed by atoms with Crippen LogP contribution in [0, 0.1) is 0 Å². The molecule has 26 heavy (non-hydrogen) atoms. The fraction of sp³-hybridized carbons (Fsp3) is 0.188. The van der Waals surface area contributed by atoms with Crippen molar-refractivity contribution in [3.8, 4) is 0 Å². The average molecular weight is 505 g/mol. The molecule has 1 aromatic heterocycles. The highest BCUT2D eigenvalue weighted by atomic mass is 79.9. The van der Waals surface area contributed by atoms with Gasteiger partial charge in [0.1, 0.15) is 4.90 Å². The van der Waals surface area contributed by atoms with Crippen LogP contribution in [0.1, 0.15) is 5.56 Å². The topological polar surface area (TPSA) is 93.3 Å². The van der Waals surface area contributed by atoms with Gasteiger partial charge in [-0.15, -0.1) is 0 Å². The first-order chi connectivity index (χ1) is 12.2. The summed E-state index contributed by atoms with van der Waals surface area (Å²) in [6, 6.07) is 7.92. The van der Waals surface area contributed by atoms with Crippen molar-refractivity contribution in [1.82, 2.24) is 9.13 Å². The Labute approximate surface area is 166 Å². The van der Waals surface area contributed by atoms with E-state index >= 15 is 0 Å². The van der Waals surface area contributed by atoms with Gasteiger partial charge in [-0.05, 0) is 46.3 Å². The second kappa shape index (κ2) is 6.84. The molecule has 0 amide bonds. The summed E-state index contributed by atoms with van der Waals surface area (Å²) in [7, 11) is -0.741. The van der Waals surface area contributed by atoms with Gasteiger partial charge in [0.25, 0.3) is 10.0 Å². The van der Waals surface area contributed by atoms with E-state index in [1.807, 2.05) is 0 Å². The standard InChI is InChI=1S/C16H15Br2N3O4S/c1-20-13-6-11(18)15(7-14(13)21(2)16(20)23)26(24,25)19-12-4-3-10(17)5-9(12)8-22/h3-7,19,22H,8H2,1-2H3. The van der Waals surface area contributed by atoms with Gasteiger partial charge in [0.05, 0.1) is 23.3 Å². The van der Waals surface area contributed by atoms with E-state index < -0.39 is 10.0 Å². The lowest BCUT2D eigenvalue weighted by Crippen LogP contribution is -2.19. The van der Waals surface area contributed by atoms with Crippen molar-refractivity contribution in [2.45, 2.75) is 11.5 Å². The SMILES string of the molecule is Cn1c(=O)n(C)c2cc(S(=O)(=O)Nc3ccc(Br)cc3CO)c(Br)cc21. The molecule has 0 saturated heterocycles. The summed E-state index contributed by atoms with van der Waals surface area (Å²) in [6.07, 6.45) is 0. The Morgan fingerprint density at radius 3 is 2.31 bits per heavy atom. The highest BCUT2D eigenvalue weighted by molar-refractivity contribution is 9.10. The molecular formula is C16H15Br2N3O4S. The number of aliphatic hydroxyl groups is 1. The number of benzene rings is 2. The number of aliphatic hydroxyl groups excluding tert-OH is 1. The third-order valence-corrected chi connectivity index (χ3v) is 6.91. The number of sulfonamides is 1. The number of halogens is 2. The van der Waals surface area contributed by atoms with Crippen LogP contribution in [0.15, 0.2) is 49.0 Å². The van der Waals surface area contributed by atoms with E-state index in [1.165, 1.54) is 15.2 Å². The minimum atomic E-state index is -3.95. The zero-order valence-electron chi connectivity index (χ0n) is 13.8. The molecule has 3 aromatic rings. The Balaban J connectivity index is 2.15. The third kappa shape index (κ3) is 3.22. The van der Waals surface area contributed by atoms with Crippen LogP contribution < -0.4 is 10.4 Å². The minimum Gasteiger partial charge on any atom is -0.392 e. The van der Waals surface area contributed by atoms with Gasteiger partial charge in [0, 0.05) is 28.6 Å². The molecule has 0 atom stereocenters. The predicted octanol–water partition coefficient (Wildman–Crippen LogP) is 2.70. The van der Waals surface area contributed by atoms with Gasteiger partial charge in [-0.25, -0.2) is 13.2 Å². The van der Waals surface area contributed by atoms with Crippen LogP contribution in [0.3, 0.4) is 0 Å². The van der Waals surface area contributed by atoms with Crippen molar-refractivity contribution < 1.29 is 13.5 Å². The number of hydrogen-bond donors (Lipinski definition) is 2. The van der Waals surface area contributed by atoms with Gasteiger partial charge in [-0.2, -0.15) is 0 Å². The maximum Gasteiger partial charge on any atom is 0.328 e. The van der Waals surface area contributed by atoms with Crippen LogP contribution in [0.5, 0.6) is 0 Å². The lowest BCUT2D eigenvalue weighted by molar-refractivity contribution is 0.282. The monoisotopic (exact) mass is 503 g/mol. The summed E-state index contributed by atoms with van der Waals surface area (Å²) in [5, 5.41) is 9.47. The van der Waals surface area contributed by atoms with Crippen molar-refractivity contribution in [3.63, 3.8) is 0 Å². The smallest absolute Gasteiger partial charge is 0.328 e. The predicted molar refractivity (Wildman–Crippen MR) is 107 cm³/mol. The molecule has 2 aromatic carbocycles. The summed E-state index contributed by atoms with van der Waals surface area (Å²) < 4.78 is 32.2. The van der Waals surface area contributed by atoms with Gasteiger partial charge in [0.2, 0.25) is 0 Å². The van der Waals surface area contributed by atoms with Crippen molar-refractivity contribution in [1.29, 1.82) is 0 Å². The number of rotatable bonds is 4. The van der Waals surface area contributed by atoms with Crippen LogP contribution in [0.4, 0.5) is 5.69 Å². The molecule has 0 bridgehead atoms. The number of aryl methyl sites for hydroxylation is 2. The number of anilines is 1. The highest BCUT2D eigenvalue weighted by Gasteiger charge is 2.22. The van der Waals surface area contributed by atoms with Crippen LogP contribution in [0.25, 0.3) is 11.0 Å². The van der Waals surface area contributed by atoms with E-state index in [1.54, 1.807) is 38.4 Å². The first-order valence-corrected chi connectivity index (χ1v) is 10.5. The molecule has 0 saturated carbocycles. The van der Waals surface area contributed by atoms with Crippen molar-refractivity contribution >= 4 is 58.6 Å². The molecule has 0 radical (unpaired) electrons. The number of aromatic nitrogens is 2. The Bertz CT molecular complexity index is 1180. The van der Waals surface area contributed by atoms with Gasteiger partial charge < -0.3 is 5.11 Å². The highest BCUT2D eigenvalue weighted by Crippen LogP contribution is 2.30. The van der Waals surface area contributed by atoms with Gasteiger partial charge in [-0.1, -0.05) is 15.9 Å². The number of nitrogens with zero attached hydrogens (tertiary/aromatic N) is 2. The Morgan fingerprint density at radius 1 is 1.08 bits per heavy atom. The number of imidazole rings is 1. The van der Waals surface area contributed by atoms with E-state index in [9.17, 15) is 18.3 Å². The fourth-order valence-corrected chi connectivity index (χ4v) is 5.26. The Kier molecular flexibility index (Phi) is 5.04. The minimum absolute atomic E-state index is 0.00184. The van der Waals surface area contributed by atoms with Gasteiger partial charge in [-0.3, -0.25) is 13.9 Å². The summed E-state index contributed by atoms with van der Waals surface area (Å²) in [4.78, 5) is 12.1. The van der Waals surface area contributed by atoms with Gasteiger partial charge >= 0.3 is 5.69 Å². The molecule has 3 rings (SSSR count). The summed E-state index contributed by atoms with van der Waals surface area (Å²) >= 11 is 6.57. The first kappa shape index (κ1) is 19.2.